The number of aliphatic hydroxyl groups excluding tert-OH is 1. The second-order valence-corrected chi connectivity index (χ2v) is 5.81. The summed E-state index contributed by atoms with van der Waals surface area (Å²) in [6.45, 7) is 1.83. The molecule has 0 amide bonds. The summed E-state index contributed by atoms with van der Waals surface area (Å²) in [5.41, 5.74) is 0. The van der Waals surface area contributed by atoms with Gasteiger partial charge in [0.1, 0.15) is 5.75 Å². The molecular formula is C13H19NO6S. The van der Waals surface area contributed by atoms with Crippen LogP contribution in [0.25, 0.3) is 0 Å². The molecule has 0 aliphatic heterocycles. The topological polar surface area (TPSA) is 102 Å². The van der Waals surface area contributed by atoms with Gasteiger partial charge in [0.05, 0.1) is 11.5 Å². The quantitative estimate of drug-likeness (QED) is 0.501. The van der Waals surface area contributed by atoms with Crippen LogP contribution in [0, 0.1) is 0 Å². The van der Waals surface area contributed by atoms with E-state index in [0.29, 0.717) is 12.2 Å². The molecule has 2 N–H and O–H groups in total. The molecule has 0 aliphatic rings. The highest BCUT2D eigenvalue weighted by Crippen LogP contribution is 2.15. The molecule has 0 unspecified atom stereocenters. The van der Waals surface area contributed by atoms with Gasteiger partial charge in [-0.1, -0.05) is 0 Å². The Morgan fingerprint density at radius 3 is 2.52 bits per heavy atom. The van der Waals surface area contributed by atoms with Gasteiger partial charge in [0.15, 0.2) is 6.61 Å². The van der Waals surface area contributed by atoms with Crippen molar-refractivity contribution in [3.8, 4) is 5.75 Å². The standard InChI is InChI=1S/C13H19NO6S/c1-2-19-13(16)10-20-11-4-6-12(7-5-11)21(17,18)14-8-3-9-15/h4-7,14-15H,2-3,8-10H2,1H3. The van der Waals surface area contributed by atoms with Crippen molar-refractivity contribution in [3.63, 3.8) is 0 Å². The summed E-state index contributed by atoms with van der Waals surface area (Å²) in [4.78, 5) is 11.2. The van der Waals surface area contributed by atoms with E-state index in [2.05, 4.69) is 4.72 Å². The largest absolute Gasteiger partial charge is 0.482 e. The van der Waals surface area contributed by atoms with Gasteiger partial charge in [-0.3, -0.25) is 0 Å². The van der Waals surface area contributed by atoms with E-state index < -0.39 is 16.0 Å². The molecule has 0 saturated carbocycles. The van der Waals surface area contributed by atoms with Gasteiger partial charge in [-0.2, -0.15) is 0 Å². The van der Waals surface area contributed by atoms with Crippen molar-refractivity contribution >= 4 is 16.0 Å². The first kappa shape index (κ1) is 17.4. The lowest BCUT2D eigenvalue weighted by Gasteiger charge is -2.08. The molecule has 0 bridgehead atoms. The number of carbonyl (C=O) groups excluding carboxylic acids is 1. The minimum atomic E-state index is -3.60. The zero-order valence-electron chi connectivity index (χ0n) is 11.7. The van der Waals surface area contributed by atoms with E-state index in [1.54, 1.807) is 6.92 Å². The summed E-state index contributed by atoms with van der Waals surface area (Å²) in [6.07, 6.45) is 0.347. The van der Waals surface area contributed by atoms with Crippen LogP contribution >= 0.6 is 0 Å². The first-order valence-corrected chi connectivity index (χ1v) is 7.97. The average molecular weight is 317 g/mol. The van der Waals surface area contributed by atoms with E-state index >= 15 is 0 Å². The maximum absolute atomic E-state index is 11.9. The third-order valence-corrected chi connectivity index (χ3v) is 3.90. The van der Waals surface area contributed by atoms with Crippen molar-refractivity contribution in [1.29, 1.82) is 0 Å². The van der Waals surface area contributed by atoms with E-state index in [4.69, 9.17) is 14.6 Å². The molecule has 0 saturated heterocycles. The minimum absolute atomic E-state index is 0.0802. The molecule has 1 aromatic carbocycles. The Kier molecular flexibility index (Phi) is 7.13. The average Bonchev–Trinajstić information content (AvgIpc) is 2.46. The third kappa shape index (κ3) is 6.11. The van der Waals surface area contributed by atoms with E-state index in [1.165, 1.54) is 24.3 Å². The zero-order chi connectivity index (χ0) is 15.7. The lowest BCUT2D eigenvalue weighted by Crippen LogP contribution is -2.25. The number of ether oxygens (including phenoxy) is 2. The van der Waals surface area contributed by atoms with E-state index in [1.807, 2.05) is 0 Å². The Hall–Kier alpha value is -1.64. The number of sulfonamides is 1. The Morgan fingerprint density at radius 1 is 1.29 bits per heavy atom. The smallest absolute Gasteiger partial charge is 0.344 e. The molecule has 0 fully saturated rings. The van der Waals surface area contributed by atoms with Crippen LogP contribution in [0.3, 0.4) is 0 Å². The number of benzene rings is 1. The molecule has 7 nitrogen and oxygen atoms in total. The second kappa shape index (κ2) is 8.60. The van der Waals surface area contributed by atoms with Crippen LogP contribution < -0.4 is 9.46 Å². The van der Waals surface area contributed by atoms with Gasteiger partial charge in [0, 0.05) is 13.2 Å². The second-order valence-electron chi connectivity index (χ2n) is 4.04. The van der Waals surface area contributed by atoms with Crippen LogP contribution in [-0.4, -0.2) is 45.9 Å². The monoisotopic (exact) mass is 317 g/mol. The van der Waals surface area contributed by atoms with Gasteiger partial charge in [0.25, 0.3) is 0 Å². The van der Waals surface area contributed by atoms with Crippen molar-refractivity contribution in [2.45, 2.75) is 18.2 Å². The summed E-state index contributed by atoms with van der Waals surface area (Å²) in [5.74, 6) is -0.114. The first-order valence-electron chi connectivity index (χ1n) is 6.48. The summed E-state index contributed by atoms with van der Waals surface area (Å²) >= 11 is 0. The first-order chi connectivity index (χ1) is 9.99. The number of aliphatic hydroxyl groups is 1. The van der Waals surface area contributed by atoms with Crippen molar-refractivity contribution < 1.29 is 27.8 Å². The van der Waals surface area contributed by atoms with Crippen LogP contribution in [0.5, 0.6) is 5.75 Å². The van der Waals surface area contributed by atoms with E-state index in [9.17, 15) is 13.2 Å². The van der Waals surface area contributed by atoms with Gasteiger partial charge in [-0.25, -0.2) is 17.9 Å². The third-order valence-electron chi connectivity index (χ3n) is 2.42. The lowest BCUT2D eigenvalue weighted by atomic mass is 10.3. The number of nitrogens with one attached hydrogen (secondary N) is 1. The Bertz CT molecular complexity index is 540. The fraction of sp³-hybridized carbons (Fsp3) is 0.462. The van der Waals surface area contributed by atoms with Crippen LogP contribution in [-0.2, 0) is 19.6 Å². The van der Waals surface area contributed by atoms with Gasteiger partial charge in [-0.05, 0) is 37.6 Å². The molecule has 118 valence electrons. The van der Waals surface area contributed by atoms with E-state index in [0.717, 1.165) is 0 Å². The fourth-order valence-corrected chi connectivity index (χ4v) is 2.50. The maximum atomic E-state index is 11.9. The number of hydrogen-bond acceptors (Lipinski definition) is 6. The number of hydrogen-bond donors (Lipinski definition) is 2. The Labute approximate surface area is 123 Å². The highest BCUT2D eigenvalue weighted by atomic mass is 32.2. The number of carbonyl (C=O) groups is 1. The van der Waals surface area contributed by atoms with Crippen molar-refractivity contribution in [2.75, 3.05) is 26.4 Å². The maximum Gasteiger partial charge on any atom is 0.344 e. The predicted octanol–water partition coefficient (Wildman–Crippen LogP) is 0.289. The normalized spacial score (nSPS) is 11.1. The van der Waals surface area contributed by atoms with Crippen molar-refractivity contribution in [3.05, 3.63) is 24.3 Å². The molecule has 0 aromatic heterocycles. The van der Waals surface area contributed by atoms with E-state index in [-0.39, 0.29) is 31.3 Å². The van der Waals surface area contributed by atoms with Crippen LogP contribution in [0.1, 0.15) is 13.3 Å². The molecule has 1 rings (SSSR count). The number of esters is 1. The molecule has 1 aromatic rings. The SMILES string of the molecule is CCOC(=O)COc1ccc(S(=O)(=O)NCCCO)cc1. The van der Waals surface area contributed by atoms with Gasteiger partial charge in [-0.15, -0.1) is 0 Å². The molecule has 8 heteroatoms. The number of rotatable bonds is 9. The molecule has 21 heavy (non-hydrogen) atoms. The lowest BCUT2D eigenvalue weighted by molar-refractivity contribution is -0.145. The molecule has 0 heterocycles. The Morgan fingerprint density at radius 2 is 1.95 bits per heavy atom. The zero-order valence-corrected chi connectivity index (χ0v) is 12.6. The fourth-order valence-electron chi connectivity index (χ4n) is 1.43. The minimum Gasteiger partial charge on any atom is -0.482 e. The molecule has 0 spiro atoms. The molecular weight excluding hydrogens is 298 g/mol. The van der Waals surface area contributed by atoms with Crippen LogP contribution in [0.2, 0.25) is 0 Å². The molecule has 0 aliphatic carbocycles. The summed E-state index contributed by atoms with van der Waals surface area (Å²) in [5, 5.41) is 8.62. The predicted molar refractivity (Wildman–Crippen MR) is 75.5 cm³/mol. The molecule has 0 atom stereocenters. The van der Waals surface area contributed by atoms with Crippen LogP contribution in [0.4, 0.5) is 0 Å². The summed E-state index contributed by atoms with van der Waals surface area (Å²) in [6, 6.07) is 5.67. The highest BCUT2D eigenvalue weighted by molar-refractivity contribution is 7.89. The summed E-state index contributed by atoms with van der Waals surface area (Å²) < 4.78 is 36.0. The van der Waals surface area contributed by atoms with Crippen molar-refractivity contribution in [1.82, 2.24) is 4.72 Å². The van der Waals surface area contributed by atoms with Gasteiger partial charge >= 0.3 is 5.97 Å². The van der Waals surface area contributed by atoms with Gasteiger partial charge < -0.3 is 14.6 Å². The Balaban J connectivity index is 2.59. The van der Waals surface area contributed by atoms with Gasteiger partial charge in [0.2, 0.25) is 10.0 Å². The highest BCUT2D eigenvalue weighted by Gasteiger charge is 2.13. The van der Waals surface area contributed by atoms with Crippen LogP contribution in [0.15, 0.2) is 29.2 Å². The molecule has 0 radical (unpaired) electrons. The summed E-state index contributed by atoms with van der Waals surface area (Å²) in [7, 11) is -3.60. The van der Waals surface area contributed by atoms with Crippen molar-refractivity contribution in [2.24, 2.45) is 0 Å².